The second-order valence-corrected chi connectivity index (χ2v) is 18.6. The Labute approximate surface area is 367 Å². The van der Waals surface area contributed by atoms with Crippen molar-refractivity contribution in [1.82, 2.24) is 10.2 Å². The van der Waals surface area contributed by atoms with Gasteiger partial charge < -0.3 is 19.7 Å². The molecule has 0 aromatic rings. The van der Waals surface area contributed by atoms with Gasteiger partial charge in [0.15, 0.2) is 0 Å². The highest BCUT2D eigenvalue weighted by molar-refractivity contribution is 5.76. The van der Waals surface area contributed by atoms with Gasteiger partial charge in [-0.1, -0.05) is 195 Å². The fourth-order valence-corrected chi connectivity index (χ4v) is 8.41. The summed E-state index contributed by atoms with van der Waals surface area (Å²) >= 11 is 0. The normalized spacial score (nSPS) is 11.7. The minimum Gasteiger partial charge on any atom is -0.466 e. The maximum Gasteiger partial charge on any atom is 0.306 e. The largest absolute Gasteiger partial charge is 0.466 e. The van der Waals surface area contributed by atoms with Gasteiger partial charge in [0.25, 0.3) is 0 Å². The summed E-state index contributed by atoms with van der Waals surface area (Å²) < 4.78 is 11.3. The number of amides is 1. The minimum atomic E-state index is 0.0170. The van der Waals surface area contributed by atoms with Crippen molar-refractivity contribution in [3.8, 4) is 0 Å². The van der Waals surface area contributed by atoms with E-state index in [1.807, 2.05) is 14.1 Å². The van der Waals surface area contributed by atoms with E-state index in [4.69, 9.17) is 9.47 Å². The number of hydrogen-bond donors (Lipinski definition) is 1. The van der Waals surface area contributed by atoms with Gasteiger partial charge >= 0.3 is 11.9 Å². The molecule has 0 radical (unpaired) electrons. The van der Waals surface area contributed by atoms with Crippen LogP contribution in [0.1, 0.15) is 265 Å². The summed E-state index contributed by atoms with van der Waals surface area (Å²) in [4.78, 5) is 39.8. The summed E-state index contributed by atoms with van der Waals surface area (Å²) in [6.45, 7) is 10.9. The highest BCUT2D eigenvalue weighted by Crippen LogP contribution is 2.23. The SMILES string of the molecule is CCCCCC(CCCCC)CC(=O)OCCCCCCCCCCC(CCCCCCCCCCOC(=O)CC(CCCCC)CCCCC)NC(=O)CCN(C)C. The van der Waals surface area contributed by atoms with Crippen molar-refractivity contribution in [1.29, 1.82) is 0 Å². The van der Waals surface area contributed by atoms with Crippen molar-refractivity contribution in [3.63, 3.8) is 0 Å². The molecule has 0 aromatic carbocycles. The number of esters is 2. The predicted molar refractivity (Wildman–Crippen MR) is 253 cm³/mol. The van der Waals surface area contributed by atoms with Crippen LogP contribution in [-0.2, 0) is 23.9 Å². The molecule has 0 unspecified atom stereocenters. The van der Waals surface area contributed by atoms with Crippen LogP contribution in [0.25, 0.3) is 0 Å². The van der Waals surface area contributed by atoms with Crippen LogP contribution in [0.3, 0.4) is 0 Å². The number of ether oxygens (including phenoxy) is 2. The third-order valence-electron chi connectivity index (χ3n) is 12.3. The third-order valence-corrected chi connectivity index (χ3v) is 12.3. The number of nitrogens with zero attached hydrogens (tertiary/aromatic N) is 1. The monoisotopic (exact) mass is 835 g/mol. The maximum atomic E-state index is 12.7. The Morgan fingerprint density at radius 2 is 0.729 bits per heavy atom. The Balaban J connectivity index is 4.14. The molecule has 0 saturated carbocycles. The number of unbranched alkanes of at least 4 members (excludes halogenated alkanes) is 22. The van der Waals surface area contributed by atoms with Crippen molar-refractivity contribution in [2.45, 2.75) is 271 Å². The zero-order valence-corrected chi connectivity index (χ0v) is 40.5. The Morgan fingerprint density at radius 1 is 0.424 bits per heavy atom. The van der Waals surface area contributed by atoms with E-state index in [9.17, 15) is 14.4 Å². The maximum absolute atomic E-state index is 12.7. The number of carbonyl (C=O) groups is 3. The first-order valence-corrected chi connectivity index (χ1v) is 26.0. The second kappa shape index (κ2) is 44.4. The van der Waals surface area contributed by atoms with Crippen LogP contribution in [0, 0.1) is 11.8 Å². The second-order valence-electron chi connectivity index (χ2n) is 18.6. The lowest BCUT2D eigenvalue weighted by Gasteiger charge is -2.20. The molecule has 0 spiro atoms. The smallest absolute Gasteiger partial charge is 0.306 e. The van der Waals surface area contributed by atoms with Gasteiger partial charge in [-0.25, -0.2) is 0 Å². The van der Waals surface area contributed by atoms with Crippen LogP contribution in [0.4, 0.5) is 0 Å². The van der Waals surface area contributed by atoms with E-state index in [1.54, 1.807) is 0 Å². The summed E-state index contributed by atoms with van der Waals surface area (Å²) in [7, 11) is 4.05. The molecule has 0 rings (SSSR count). The van der Waals surface area contributed by atoms with Gasteiger partial charge in [-0.2, -0.15) is 0 Å². The molecule has 1 amide bonds. The molecule has 0 fully saturated rings. The molecule has 0 aliphatic rings. The van der Waals surface area contributed by atoms with Crippen LogP contribution in [-0.4, -0.2) is 62.6 Å². The molecule has 59 heavy (non-hydrogen) atoms. The average molecular weight is 835 g/mol. The Bertz CT molecular complexity index is 847. The zero-order valence-electron chi connectivity index (χ0n) is 40.5. The summed E-state index contributed by atoms with van der Waals surface area (Å²) in [6.07, 6.45) is 42.6. The third kappa shape index (κ3) is 41.5. The van der Waals surface area contributed by atoms with Crippen molar-refractivity contribution in [2.75, 3.05) is 33.9 Å². The Morgan fingerprint density at radius 3 is 1.05 bits per heavy atom. The Hall–Kier alpha value is -1.63. The summed E-state index contributed by atoms with van der Waals surface area (Å²) in [5, 5.41) is 3.38. The molecule has 1 N–H and O–H groups in total. The van der Waals surface area contributed by atoms with Gasteiger partial charge in [0.05, 0.1) is 13.2 Å². The number of hydrogen-bond acceptors (Lipinski definition) is 6. The average Bonchev–Trinajstić information content (AvgIpc) is 3.21. The summed E-state index contributed by atoms with van der Waals surface area (Å²) in [5.41, 5.74) is 0. The van der Waals surface area contributed by atoms with E-state index in [0.29, 0.717) is 50.4 Å². The van der Waals surface area contributed by atoms with E-state index in [1.165, 1.54) is 180 Å². The number of carbonyl (C=O) groups excluding carboxylic acids is 3. The number of nitrogens with one attached hydrogen (secondary N) is 1. The van der Waals surface area contributed by atoms with Crippen molar-refractivity contribution < 1.29 is 23.9 Å². The number of rotatable bonds is 46. The first kappa shape index (κ1) is 57.4. The lowest BCUT2D eigenvalue weighted by molar-refractivity contribution is -0.146. The lowest BCUT2D eigenvalue weighted by Crippen LogP contribution is -2.36. The van der Waals surface area contributed by atoms with Crippen LogP contribution in [0.2, 0.25) is 0 Å². The topological polar surface area (TPSA) is 84.9 Å². The molecule has 7 nitrogen and oxygen atoms in total. The van der Waals surface area contributed by atoms with Gasteiger partial charge in [0.1, 0.15) is 0 Å². The van der Waals surface area contributed by atoms with Gasteiger partial charge in [-0.15, -0.1) is 0 Å². The van der Waals surface area contributed by atoms with Gasteiger partial charge in [0, 0.05) is 31.8 Å². The van der Waals surface area contributed by atoms with Crippen LogP contribution >= 0.6 is 0 Å². The van der Waals surface area contributed by atoms with E-state index < -0.39 is 0 Å². The van der Waals surface area contributed by atoms with E-state index >= 15 is 0 Å². The predicted octanol–water partition coefficient (Wildman–Crippen LogP) is 14.9. The minimum absolute atomic E-state index is 0.0170. The first-order valence-electron chi connectivity index (χ1n) is 26.0. The fraction of sp³-hybridized carbons (Fsp3) is 0.942. The van der Waals surface area contributed by atoms with Crippen molar-refractivity contribution in [2.24, 2.45) is 11.8 Å². The zero-order chi connectivity index (χ0) is 43.4. The molecule has 0 saturated heterocycles. The fourth-order valence-electron chi connectivity index (χ4n) is 8.41. The molecule has 0 aromatic heterocycles. The van der Waals surface area contributed by atoms with Gasteiger partial charge in [-0.3, -0.25) is 14.4 Å². The van der Waals surface area contributed by atoms with E-state index in [-0.39, 0.29) is 17.8 Å². The van der Waals surface area contributed by atoms with Crippen LogP contribution in [0.5, 0.6) is 0 Å². The quantitative estimate of drug-likeness (QED) is 0.0486. The molecule has 350 valence electrons. The molecule has 0 aliphatic heterocycles. The molecule has 0 atom stereocenters. The molecular formula is C52H102N2O5. The van der Waals surface area contributed by atoms with E-state index in [0.717, 1.165) is 45.1 Å². The molecule has 0 bridgehead atoms. The molecule has 0 heterocycles. The van der Waals surface area contributed by atoms with Crippen molar-refractivity contribution in [3.05, 3.63) is 0 Å². The first-order chi connectivity index (χ1) is 28.7. The molecular weight excluding hydrogens is 733 g/mol. The van der Waals surface area contributed by atoms with E-state index in [2.05, 4.69) is 37.9 Å². The molecule has 0 aliphatic carbocycles. The highest BCUT2D eigenvalue weighted by Gasteiger charge is 2.16. The standard InChI is InChI=1S/C52H102N2O5/c1-7-11-27-35-47(36-28-12-8-2)45-51(56)58-43-33-25-21-17-15-19-23-31-39-49(53-50(55)41-42-54(5)6)40-32-24-20-16-18-22-26-34-44-59-52(57)46-48(37-29-13-9-3)38-30-14-10-4/h47-49H,7-46H2,1-6H3,(H,53,55). The van der Waals surface area contributed by atoms with Gasteiger partial charge in [0.2, 0.25) is 5.91 Å². The Kier molecular flexibility index (Phi) is 43.2. The van der Waals surface area contributed by atoms with Crippen LogP contribution in [0.15, 0.2) is 0 Å². The van der Waals surface area contributed by atoms with Gasteiger partial charge in [-0.05, 0) is 77.3 Å². The molecule has 7 heteroatoms. The van der Waals surface area contributed by atoms with Crippen molar-refractivity contribution >= 4 is 17.8 Å². The summed E-state index contributed by atoms with van der Waals surface area (Å²) in [5.74, 6) is 1.23. The summed E-state index contributed by atoms with van der Waals surface area (Å²) in [6, 6.07) is 0.293. The van der Waals surface area contributed by atoms with Crippen LogP contribution < -0.4 is 5.32 Å². The lowest BCUT2D eigenvalue weighted by atomic mass is 9.92. The highest BCUT2D eigenvalue weighted by atomic mass is 16.5.